The van der Waals surface area contributed by atoms with Crippen molar-refractivity contribution in [3.63, 3.8) is 0 Å². The molecule has 2 rings (SSSR count). The third-order valence-electron chi connectivity index (χ3n) is 3.42. The van der Waals surface area contributed by atoms with Gasteiger partial charge >= 0.3 is 0 Å². The summed E-state index contributed by atoms with van der Waals surface area (Å²) in [5.41, 5.74) is 2.10. The van der Waals surface area contributed by atoms with Gasteiger partial charge in [-0.05, 0) is 38.0 Å². The molecule has 0 aromatic heterocycles. The molecule has 21 heavy (non-hydrogen) atoms. The Bertz CT molecular complexity index is 595. The molecule has 0 spiro atoms. The molecule has 3 heteroatoms. The van der Waals surface area contributed by atoms with Crippen molar-refractivity contribution < 1.29 is 9.53 Å². The highest BCUT2D eigenvalue weighted by Gasteiger charge is 2.18. The van der Waals surface area contributed by atoms with E-state index in [4.69, 9.17) is 4.74 Å². The summed E-state index contributed by atoms with van der Waals surface area (Å²) in [6, 6.07) is 17.5. The predicted molar refractivity (Wildman–Crippen MR) is 84.3 cm³/mol. The van der Waals surface area contributed by atoms with Crippen molar-refractivity contribution in [2.24, 2.45) is 0 Å². The Morgan fingerprint density at radius 3 is 2.29 bits per heavy atom. The highest BCUT2D eigenvalue weighted by molar-refractivity contribution is 5.81. The second kappa shape index (κ2) is 6.93. The van der Waals surface area contributed by atoms with Crippen molar-refractivity contribution in [1.29, 1.82) is 0 Å². The Morgan fingerprint density at radius 2 is 1.62 bits per heavy atom. The standard InChI is InChI=1S/C18H21NO2/c1-13-9-7-8-12-17(13)21-15(3)18(20)19-14(2)16-10-5-4-6-11-16/h4-12,14-15H,1-3H3,(H,19,20)/t14-,15?/m0/s1. The number of carbonyl (C=O) groups excluding carboxylic acids is 1. The summed E-state index contributed by atoms with van der Waals surface area (Å²) >= 11 is 0. The molecule has 1 unspecified atom stereocenters. The molecule has 0 aliphatic rings. The van der Waals surface area contributed by atoms with Gasteiger partial charge in [-0.15, -0.1) is 0 Å². The molecule has 0 saturated heterocycles. The molecule has 0 heterocycles. The van der Waals surface area contributed by atoms with Crippen molar-refractivity contribution in [2.75, 3.05) is 0 Å². The van der Waals surface area contributed by atoms with E-state index in [0.29, 0.717) is 0 Å². The number of aryl methyl sites for hydroxylation is 1. The van der Waals surface area contributed by atoms with Crippen LogP contribution in [0.5, 0.6) is 5.75 Å². The fraction of sp³-hybridized carbons (Fsp3) is 0.278. The molecule has 0 saturated carbocycles. The zero-order valence-corrected chi connectivity index (χ0v) is 12.7. The average Bonchev–Trinajstić information content (AvgIpc) is 2.50. The minimum absolute atomic E-state index is 0.0402. The van der Waals surface area contributed by atoms with Gasteiger partial charge in [0.15, 0.2) is 6.10 Å². The van der Waals surface area contributed by atoms with Crippen molar-refractivity contribution in [3.05, 3.63) is 65.7 Å². The Balaban J connectivity index is 1.95. The lowest BCUT2D eigenvalue weighted by molar-refractivity contribution is -0.127. The molecule has 3 nitrogen and oxygen atoms in total. The summed E-state index contributed by atoms with van der Waals surface area (Å²) in [5, 5.41) is 2.97. The Kier molecular flexibility index (Phi) is 4.99. The van der Waals surface area contributed by atoms with Crippen molar-refractivity contribution >= 4 is 5.91 Å². The van der Waals surface area contributed by atoms with E-state index in [9.17, 15) is 4.79 Å². The van der Waals surface area contributed by atoms with Gasteiger partial charge in [-0.2, -0.15) is 0 Å². The Hall–Kier alpha value is -2.29. The molecule has 0 aliphatic carbocycles. The Labute approximate surface area is 126 Å². The molecule has 0 aliphatic heterocycles. The van der Waals surface area contributed by atoms with E-state index in [1.54, 1.807) is 6.92 Å². The SMILES string of the molecule is Cc1ccccc1OC(C)C(=O)N[C@@H](C)c1ccccc1. The fourth-order valence-corrected chi connectivity index (χ4v) is 2.09. The molecule has 1 amide bonds. The number of carbonyl (C=O) groups is 1. The van der Waals surface area contributed by atoms with E-state index < -0.39 is 6.10 Å². The second-order valence-electron chi connectivity index (χ2n) is 5.17. The Morgan fingerprint density at radius 1 is 1.00 bits per heavy atom. The molecule has 2 aromatic carbocycles. The lowest BCUT2D eigenvalue weighted by Gasteiger charge is -2.19. The number of hydrogen-bond donors (Lipinski definition) is 1. The van der Waals surface area contributed by atoms with Crippen LogP contribution in [0.4, 0.5) is 0 Å². The van der Waals surface area contributed by atoms with Crippen LogP contribution in [0.15, 0.2) is 54.6 Å². The number of para-hydroxylation sites is 1. The normalized spacial score (nSPS) is 13.3. The quantitative estimate of drug-likeness (QED) is 0.909. The van der Waals surface area contributed by atoms with E-state index in [1.165, 1.54) is 0 Å². The zero-order valence-electron chi connectivity index (χ0n) is 12.7. The molecule has 110 valence electrons. The van der Waals surface area contributed by atoms with Gasteiger partial charge in [0.2, 0.25) is 0 Å². The number of amides is 1. The zero-order chi connectivity index (χ0) is 15.2. The topological polar surface area (TPSA) is 38.3 Å². The number of nitrogens with one attached hydrogen (secondary N) is 1. The molecular weight excluding hydrogens is 262 g/mol. The minimum atomic E-state index is -0.530. The lowest BCUT2D eigenvalue weighted by Crippen LogP contribution is -2.37. The minimum Gasteiger partial charge on any atom is -0.481 e. The molecule has 2 atom stereocenters. The van der Waals surface area contributed by atoms with Crippen LogP contribution in [-0.2, 0) is 4.79 Å². The maximum atomic E-state index is 12.2. The smallest absolute Gasteiger partial charge is 0.261 e. The van der Waals surface area contributed by atoms with E-state index in [0.717, 1.165) is 16.9 Å². The first-order chi connectivity index (χ1) is 10.1. The van der Waals surface area contributed by atoms with Gasteiger partial charge in [0.1, 0.15) is 5.75 Å². The molecule has 2 aromatic rings. The van der Waals surface area contributed by atoms with Crippen molar-refractivity contribution in [1.82, 2.24) is 5.32 Å². The van der Waals surface area contributed by atoms with Gasteiger partial charge in [-0.1, -0.05) is 48.5 Å². The van der Waals surface area contributed by atoms with Gasteiger partial charge in [0.25, 0.3) is 5.91 Å². The van der Waals surface area contributed by atoms with Gasteiger partial charge in [0.05, 0.1) is 6.04 Å². The van der Waals surface area contributed by atoms with Crippen LogP contribution < -0.4 is 10.1 Å². The third kappa shape index (κ3) is 4.09. The van der Waals surface area contributed by atoms with Crippen LogP contribution in [0.25, 0.3) is 0 Å². The first-order valence-corrected chi connectivity index (χ1v) is 7.15. The molecule has 1 N–H and O–H groups in total. The number of benzene rings is 2. The molecule has 0 radical (unpaired) electrons. The van der Waals surface area contributed by atoms with Crippen molar-refractivity contribution in [3.8, 4) is 5.75 Å². The maximum absolute atomic E-state index is 12.2. The van der Waals surface area contributed by atoms with Gasteiger partial charge in [-0.3, -0.25) is 4.79 Å². The van der Waals surface area contributed by atoms with Crippen molar-refractivity contribution in [2.45, 2.75) is 32.9 Å². The fourth-order valence-electron chi connectivity index (χ4n) is 2.09. The van der Waals surface area contributed by atoms with Crippen LogP contribution in [0.1, 0.15) is 31.0 Å². The summed E-state index contributed by atoms with van der Waals surface area (Å²) in [4.78, 5) is 12.2. The second-order valence-corrected chi connectivity index (χ2v) is 5.17. The summed E-state index contributed by atoms with van der Waals surface area (Å²) in [6.07, 6.45) is -0.530. The van der Waals surface area contributed by atoms with E-state index in [2.05, 4.69) is 5.32 Å². The largest absolute Gasteiger partial charge is 0.481 e. The summed E-state index contributed by atoms with van der Waals surface area (Å²) in [5.74, 6) is 0.627. The van der Waals surface area contributed by atoms with Gasteiger partial charge < -0.3 is 10.1 Å². The predicted octanol–water partition coefficient (Wildman–Crippen LogP) is 3.64. The molecule has 0 bridgehead atoms. The van der Waals surface area contributed by atoms with Crippen LogP contribution >= 0.6 is 0 Å². The van der Waals surface area contributed by atoms with Gasteiger partial charge in [-0.25, -0.2) is 0 Å². The first-order valence-electron chi connectivity index (χ1n) is 7.15. The van der Waals surface area contributed by atoms with E-state index in [-0.39, 0.29) is 11.9 Å². The summed E-state index contributed by atoms with van der Waals surface area (Å²) in [6.45, 7) is 5.69. The molecule has 0 fully saturated rings. The lowest BCUT2D eigenvalue weighted by atomic mass is 10.1. The van der Waals surface area contributed by atoms with Crippen LogP contribution in [-0.4, -0.2) is 12.0 Å². The van der Waals surface area contributed by atoms with Crippen LogP contribution in [0.2, 0.25) is 0 Å². The van der Waals surface area contributed by atoms with Crippen LogP contribution in [0.3, 0.4) is 0 Å². The monoisotopic (exact) mass is 283 g/mol. The summed E-state index contributed by atoms with van der Waals surface area (Å²) < 4.78 is 5.73. The van der Waals surface area contributed by atoms with Crippen LogP contribution in [0, 0.1) is 6.92 Å². The maximum Gasteiger partial charge on any atom is 0.261 e. The number of hydrogen-bond acceptors (Lipinski definition) is 2. The molecular formula is C18H21NO2. The van der Waals surface area contributed by atoms with E-state index >= 15 is 0 Å². The van der Waals surface area contributed by atoms with Gasteiger partial charge in [0, 0.05) is 0 Å². The highest BCUT2D eigenvalue weighted by Crippen LogP contribution is 2.18. The average molecular weight is 283 g/mol. The number of ether oxygens (including phenoxy) is 1. The first kappa shape index (κ1) is 15.1. The highest BCUT2D eigenvalue weighted by atomic mass is 16.5. The van der Waals surface area contributed by atoms with E-state index in [1.807, 2.05) is 68.4 Å². The third-order valence-corrected chi connectivity index (χ3v) is 3.42. The number of rotatable bonds is 5. The summed E-state index contributed by atoms with van der Waals surface area (Å²) in [7, 11) is 0.